The smallest absolute Gasteiger partial charge is 0.293 e. The highest BCUT2D eigenvalue weighted by atomic mass is 35.5. The van der Waals surface area contributed by atoms with Crippen LogP contribution in [0.1, 0.15) is 16.7 Å². The average Bonchev–Trinajstić information content (AvgIpc) is 3.54. The first-order valence-electron chi connectivity index (χ1n) is 11.1. The standard InChI is InChI=1S/C27H18Cl2N2O4S/c28-20-7-3-1-5-16(20)12-30-13-17(19-6-2-4-8-22(19)30)10-25-26(32)31(27(33)36-25)14-18-9-23-24(11-21(18)29)35-15-34-23/h1-11,13H,12,14-15H2/b25-10+. The number of halogens is 2. The number of fused-ring (bicyclic) bond motifs is 2. The maximum Gasteiger partial charge on any atom is 0.293 e. The molecule has 3 aromatic carbocycles. The topological polar surface area (TPSA) is 60.8 Å². The number of imide groups is 1. The first-order valence-corrected chi connectivity index (χ1v) is 12.7. The van der Waals surface area contributed by atoms with Gasteiger partial charge in [0, 0.05) is 45.3 Å². The Morgan fingerprint density at radius 3 is 2.47 bits per heavy atom. The summed E-state index contributed by atoms with van der Waals surface area (Å²) in [4.78, 5) is 27.6. The van der Waals surface area contributed by atoms with E-state index < -0.39 is 0 Å². The van der Waals surface area contributed by atoms with Crippen molar-refractivity contribution in [3.05, 3.63) is 98.5 Å². The van der Waals surface area contributed by atoms with Gasteiger partial charge in [-0.2, -0.15) is 0 Å². The van der Waals surface area contributed by atoms with Gasteiger partial charge >= 0.3 is 0 Å². The molecular weight excluding hydrogens is 519 g/mol. The summed E-state index contributed by atoms with van der Waals surface area (Å²) in [5.74, 6) is 0.732. The van der Waals surface area contributed by atoms with Crippen LogP contribution >= 0.6 is 35.0 Å². The molecule has 0 saturated carbocycles. The molecule has 1 saturated heterocycles. The lowest BCUT2D eigenvalue weighted by Gasteiger charge is -2.14. The molecule has 0 bridgehead atoms. The first kappa shape index (κ1) is 23.0. The summed E-state index contributed by atoms with van der Waals surface area (Å²) in [6.45, 7) is 0.743. The number of thioether (sulfide) groups is 1. The van der Waals surface area contributed by atoms with Gasteiger partial charge in [0.1, 0.15) is 0 Å². The van der Waals surface area contributed by atoms with Crippen LogP contribution in [0.15, 0.2) is 71.8 Å². The number of hydrogen-bond acceptors (Lipinski definition) is 5. The van der Waals surface area contributed by atoms with Gasteiger partial charge < -0.3 is 14.0 Å². The van der Waals surface area contributed by atoms with E-state index in [1.807, 2.05) is 54.7 Å². The molecule has 0 atom stereocenters. The second-order valence-corrected chi connectivity index (χ2v) is 10.2. The van der Waals surface area contributed by atoms with E-state index in [0.717, 1.165) is 33.8 Å². The van der Waals surface area contributed by atoms with Crippen LogP contribution < -0.4 is 9.47 Å². The molecule has 2 aliphatic rings. The van der Waals surface area contributed by atoms with Gasteiger partial charge in [-0.15, -0.1) is 0 Å². The minimum absolute atomic E-state index is 0.0474. The van der Waals surface area contributed by atoms with E-state index in [9.17, 15) is 9.59 Å². The molecule has 2 aliphatic heterocycles. The molecule has 36 heavy (non-hydrogen) atoms. The number of nitrogens with zero attached hydrogens (tertiary/aromatic N) is 2. The fourth-order valence-electron chi connectivity index (χ4n) is 4.36. The van der Waals surface area contributed by atoms with E-state index in [2.05, 4.69) is 4.57 Å². The van der Waals surface area contributed by atoms with Crippen molar-refractivity contribution < 1.29 is 19.1 Å². The Labute approximate surface area is 221 Å². The lowest BCUT2D eigenvalue weighted by atomic mass is 10.1. The van der Waals surface area contributed by atoms with Crippen molar-refractivity contribution in [3.63, 3.8) is 0 Å². The highest BCUT2D eigenvalue weighted by Gasteiger charge is 2.36. The maximum absolute atomic E-state index is 13.2. The minimum atomic E-state index is -0.360. The Balaban J connectivity index is 1.31. The minimum Gasteiger partial charge on any atom is -0.454 e. The van der Waals surface area contributed by atoms with Crippen LogP contribution in [0.4, 0.5) is 4.79 Å². The number of carbonyl (C=O) groups is 2. The molecule has 9 heteroatoms. The quantitative estimate of drug-likeness (QED) is 0.258. The molecule has 6 nitrogen and oxygen atoms in total. The van der Waals surface area contributed by atoms with Crippen molar-refractivity contribution in [2.75, 3.05) is 6.79 Å². The van der Waals surface area contributed by atoms with Crippen LogP contribution in [0, 0.1) is 0 Å². The van der Waals surface area contributed by atoms with Gasteiger partial charge in [0.2, 0.25) is 6.79 Å². The molecule has 2 amide bonds. The number of benzene rings is 3. The molecule has 1 fully saturated rings. The molecule has 0 spiro atoms. The van der Waals surface area contributed by atoms with Gasteiger partial charge in [-0.25, -0.2) is 0 Å². The third kappa shape index (κ3) is 4.13. The number of rotatable bonds is 5. The molecule has 3 heterocycles. The predicted molar refractivity (Wildman–Crippen MR) is 142 cm³/mol. The Hall–Kier alpha value is -3.39. The zero-order chi connectivity index (χ0) is 24.8. The highest BCUT2D eigenvalue weighted by molar-refractivity contribution is 8.18. The SMILES string of the molecule is O=C1S/C(=C/c2cn(Cc3ccccc3Cl)c3ccccc23)C(=O)N1Cc1cc2c(cc1Cl)OCO2. The fourth-order valence-corrected chi connectivity index (χ4v) is 5.60. The predicted octanol–water partition coefficient (Wildman–Crippen LogP) is 6.96. The van der Waals surface area contributed by atoms with E-state index in [1.165, 1.54) is 4.90 Å². The van der Waals surface area contributed by atoms with Crippen molar-refractivity contribution >= 4 is 63.1 Å². The zero-order valence-corrected chi connectivity index (χ0v) is 21.1. The lowest BCUT2D eigenvalue weighted by Crippen LogP contribution is -2.27. The Morgan fingerprint density at radius 1 is 0.889 bits per heavy atom. The number of carbonyl (C=O) groups excluding carboxylic acids is 2. The molecule has 1 aromatic heterocycles. The molecule has 0 radical (unpaired) electrons. The monoisotopic (exact) mass is 536 g/mol. The number of ether oxygens (including phenoxy) is 2. The summed E-state index contributed by atoms with van der Waals surface area (Å²) >= 11 is 13.7. The summed E-state index contributed by atoms with van der Waals surface area (Å²) in [7, 11) is 0. The number of hydrogen-bond donors (Lipinski definition) is 0. The number of para-hydroxylation sites is 1. The summed E-state index contributed by atoms with van der Waals surface area (Å²) in [6.07, 6.45) is 3.76. The molecule has 0 unspecified atom stereocenters. The van der Waals surface area contributed by atoms with Gasteiger partial charge in [-0.1, -0.05) is 59.6 Å². The van der Waals surface area contributed by atoms with Gasteiger partial charge in [0.05, 0.1) is 11.4 Å². The summed E-state index contributed by atoms with van der Waals surface area (Å²) in [6, 6.07) is 19.0. The van der Waals surface area contributed by atoms with Gasteiger partial charge in [0.15, 0.2) is 11.5 Å². The van der Waals surface area contributed by atoms with E-state index in [-0.39, 0.29) is 24.5 Å². The van der Waals surface area contributed by atoms with Crippen molar-refractivity contribution in [1.29, 1.82) is 0 Å². The number of aromatic nitrogens is 1. The van der Waals surface area contributed by atoms with Gasteiger partial charge in [-0.05, 0) is 47.2 Å². The maximum atomic E-state index is 13.2. The second kappa shape index (κ2) is 9.24. The van der Waals surface area contributed by atoms with E-state index in [0.29, 0.717) is 38.6 Å². The van der Waals surface area contributed by atoms with Crippen LogP contribution in [0.5, 0.6) is 11.5 Å². The molecular formula is C27H18Cl2N2O4S. The molecule has 0 N–H and O–H groups in total. The molecule has 0 aliphatic carbocycles. The van der Waals surface area contributed by atoms with E-state index >= 15 is 0 Å². The summed E-state index contributed by atoms with van der Waals surface area (Å²) in [5.41, 5.74) is 3.47. The normalized spacial score (nSPS) is 16.1. The fraction of sp³-hybridized carbons (Fsp3) is 0.111. The summed E-state index contributed by atoms with van der Waals surface area (Å²) < 4.78 is 12.8. The van der Waals surface area contributed by atoms with Crippen LogP contribution in [0.2, 0.25) is 10.0 Å². The van der Waals surface area contributed by atoms with Crippen molar-refractivity contribution in [2.24, 2.45) is 0 Å². The van der Waals surface area contributed by atoms with Crippen LogP contribution in [-0.2, 0) is 17.9 Å². The largest absolute Gasteiger partial charge is 0.454 e. The van der Waals surface area contributed by atoms with E-state index in [4.69, 9.17) is 32.7 Å². The third-order valence-electron chi connectivity index (χ3n) is 6.15. The Morgan fingerprint density at radius 2 is 1.64 bits per heavy atom. The molecule has 4 aromatic rings. The van der Waals surface area contributed by atoms with Crippen LogP contribution in [0.25, 0.3) is 17.0 Å². The highest BCUT2D eigenvalue weighted by Crippen LogP contribution is 2.40. The van der Waals surface area contributed by atoms with Crippen molar-refractivity contribution in [1.82, 2.24) is 9.47 Å². The first-order chi connectivity index (χ1) is 17.5. The summed E-state index contributed by atoms with van der Waals surface area (Å²) in [5, 5.41) is 1.74. The second-order valence-electron chi connectivity index (χ2n) is 8.39. The van der Waals surface area contributed by atoms with Gasteiger partial charge in [0.25, 0.3) is 11.1 Å². The molecule has 180 valence electrons. The molecule has 6 rings (SSSR count). The van der Waals surface area contributed by atoms with Gasteiger partial charge in [-0.3, -0.25) is 14.5 Å². The zero-order valence-electron chi connectivity index (χ0n) is 18.7. The lowest BCUT2D eigenvalue weighted by molar-refractivity contribution is -0.123. The van der Waals surface area contributed by atoms with E-state index in [1.54, 1.807) is 18.2 Å². The Kier molecular flexibility index (Phi) is 5.91. The van der Waals surface area contributed by atoms with Crippen molar-refractivity contribution in [2.45, 2.75) is 13.1 Å². The van der Waals surface area contributed by atoms with Crippen LogP contribution in [0.3, 0.4) is 0 Å². The van der Waals surface area contributed by atoms with Crippen LogP contribution in [-0.4, -0.2) is 27.4 Å². The van der Waals surface area contributed by atoms with Crippen molar-refractivity contribution in [3.8, 4) is 11.5 Å². The Bertz CT molecular complexity index is 1580. The average molecular weight is 537 g/mol. The number of amides is 2. The third-order valence-corrected chi connectivity index (χ3v) is 7.78.